The van der Waals surface area contributed by atoms with Gasteiger partial charge in [0.25, 0.3) is 0 Å². The maximum Gasteiger partial charge on any atom is 0.223 e. The lowest BCUT2D eigenvalue weighted by Gasteiger charge is -2.22. The Labute approximate surface area is 119 Å². The molecule has 1 saturated heterocycles. The van der Waals surface area contributed by atoms with Crippen LogP contribution in [0.25, 0.3) is 0 Å². The molecule has 4 atom stereocenters. The zero-order valence-corrected chi connectivity index (χ0v) is 12.2. The van der Waals surface area contributed by atoms with Gasteiger partial charge in [0.05, 0.1) is 12.4 Å². The van der Waals surface area contributed by atoms with Crippen molar-refractivity contribution in [1.29, 1.82) is 0 Å². The smallest absolute Gasteiger partial charge is 0.223 e. The van der Waals surface area contributed by atoms with E-state index >= 15 is 0 Å². The van der Waals surface area contributed by atoms with Crippen LogP contribution < -0.4 is 5.32 Å². The van der Waals surface area contributed by atoms with Crippen molar-refractivity contribution in [3.8, 4) is 0 Å². The maximum atomic E-state index is 12.2. The Kier molecular flexibility index (Phi) is 3.83. The molecule has 1 aromatic rings. The second-order valence-corrected chi connectivity index (χ2v) is 6.34. The molecule has 4 nitrogen and oxygen atoms in total. The number of carbonyl (C=O) groups is 1. The first-order valence-corrected chi connectivity index (χ1v) is 7.59. The van der Waals surface area contributed by atoms with Crippen LogP contribution in [0.5, 0.6) is 0 Å². The van der Waals surface area contributed by atoms with Crippen LogP contribution in [0.15, 0.2) is 22.8 Å². The summed E-state index contributed by atoms with van der Waals surface area (Å²) in [7, 11) is 0. The van der Waals surface area contributed by atoms with E-state index in [1.54, 1.807) is 6.26 Å². The molecule has 2 unspecified atom stereocenters. The second-order valence-electron chi connectivity index (χ2n) is 6.34. The highest BCUT2D eigenvalue weighted by Crippen LogP contribution is 2.47. The van der Waals surface area contributed by atoms with Crippen LogP contribution in [0, 0.1) is 17.8 Å². The zero-order valence-electron chi connectivity index (χ0n) is 12.2. The summed E-state index contributed by atoms with van der Waals surface area (Å²) in [6.45, 7) is 5.92. The quantitative estimate of drug-likeness (QED) is 0.900. The van der Waals surface area contributed by atoms with Crippen molar-refractivity contribution >= 4 is 5.91 Å². The van der Waals surface area contributed by atoms with Crippen LogP contribution in [0.2, 0.25) is 0 Å². The lowest BCUT2D eigenvalue weighted by Crippen LogP contribution is -2.35. The van der Waals surface area contributed by atoms with Crippen molar-refractivity contribution in [3.05, 3.63) is 24.2 Å². The van der Waals surface area contributed by atoms with Crippen molar-refractivity contribution in [2.24, 2.45) is 17.8 Å². The molecule has 1 amide bonds. The molecule has 1 N–H and O–H groups in total. The standard InChI is InChI=1S/C16H23NO3/c1-10(2)15-11(5-7-20-15)9-17-16(18)13-8-12(13)14-4-3-6-19-14/h3-4,6,10-13,15H,5,7-9H2,1-2H3,(H,17,18)/t11-,12?,13?,15-/m1/s1. The van der Waals surface area contributed by atoms with E-state index in [2.05, 4.69) is 19.2 Å². The number of hydrogen-bond donors (Lipinski definition) is 1. The van der Waals surface area contributed by atoms with Gasteiger partial charge < -0.3 is 14.5 Å². The second kappa shape index (κ2) is 5.60. The van der Waals surface area contributed by atoms with E-state index in [0.717, 1.165) is 31.8 Å². The average molecular weight is 277 g/mol. The summed E-state index contributed by atoms with van der Waals surface area (Å²) in [5.41, 5.74) is 0. The Bertz CT molecular complexity index is 454. The van der Waals surface area contributed by atoms with E-state index in [1.807, 2.05) is 12.1 Å². The first-order valence-electron chi connectivity index (χ1n) is 7.59. The summed E-state index contributed by atoms with van der Waals surface area (Å²) in [4.78, 5) is 12.2. The molecule has 1 aliphatic carbocycles. The lowest BCUT2D eigenvalue weighted by molar-refractivity contribution is -0.122. The third kappa shape index (κ3) is 2.75. The van der Waals surface area contributed by atoms with Gasteiger partial charge in [0.2, 0.25) is 5.91 Å². The van der Waals surface area contributed by atoms with Gasteiger partial charge >= 0.3 is 0 Å². The molecule has 2 fully saturated rings. The average Bonchev–Trinajstić information content (AvgIpc) is 2.88. The Morgan fingerprint density at radius 1 is 1.50 bits per heavy atom. The first-order chi connectivity index (χ1) is 9.66. The summed E-state index contributed by atoms with van der Waals surface area (Å²) in [6.07, 6.45) is 3.92. The van der Waals surface area contributed by atoms with Crippen molar-refractivity contribution in [3.63, 3.8) is 0 Å². The number of amides is 1. The van der Waals surface area contributed by atoms with Gasteiger partial charge in [0.1, 0.15) is 5.76 Å². The largest absolute Gasteiger partial charge is 0.469 e. The first kappa shape index (κ1) is 13.7. The molecular weight excluding hydrogens is 254 g/mol. The van der Waals surface area contributed by atoms with E-state index < -0.39 is 0 Å². The summed E-state index contributed by atoms with van der Waals surface area (Å²) in [5, 5.41) is 3.10. The molecule has 1 saturated carbocycles. The number of nitrogens with one attached hydrogen (secondary N) is 1. The minimum Gasteiger partial charge on any atom is -0.469 e. The number of rotatable bonds is 5. The molecule has 110 valence electrons. The monoisotopic (exact) mass is 277 g/mol. The highest BCUT2D eigenvalue weighted by Gasteiger charge is 2.46. The highest BCUT2D eigenvalue weighted by molar-refractivity contribution is 5.82. The van der Waals surface area contributed by atoms with E-state index in [9.17, 15) is 4.79 Å². The molecule has 0 aromatic carbocycles. The predicted octanol–water partition coefficient (Wildman–Crippen LogP) is 2.56. The number of ether oxygens (including phenoxy) is 1. The molecule has 0 spiro atoms. The van der Waals surface area contributed by atoms with Crippen LogP contribution in [-0.2, 0) is 9.53 Å². The lowest BCUT2D eigenvalue weighted by atomic mass is 9.93. The van der Waals surface area contributed by atoms with Crippen LogP contribution in [0.3, 0.4) is 0 Å². The molecule has 4 heteroatoms. The van der Waals surface area contributed by atoms with Crippen molar-refractivity contribution < 1.29 is 13.9 Å². The topological polar surface area (TPSA) is 51.5 Å². The number of furan rings is 1. The minimum atomic E-state index is 0.0981. The zero-order chi connectivity index (χ0) is 14.1. The van der Waals surface area contributed by atoms with Crippen LogP contribution in [-0.4, -0.2) is 25.2 Å². The molecule has 2 aliphatic rings. The highest BCUT2D eigenvalue weighted by atomic mass is 16.5. The van der Waals surface area contributed by atoms with Gasteiger partial charge in [-0.1, -0.05) is 13.8 Å². The summed E-state index contributed by atoms with van der Waals surface area (Å²) in [5.74, 6) is 2.46. The molecular formula is C16H23NO3. The molecule has 0 radical (unpaired) electrons. The number of carbonyl (C=O) groups excluding carboxylic acids is 1. The summed E-state index contributed by atoms with van der Waals surface area (Å²) < 4.78 is 11.1. The Morgan fingerprint density at radius 2 is 2.35 bits per heavy atom. The molecule has 1 aromatic heterocycles. The normalized spacial score (nSPS) is 32.5. The van der Waals surface area contributed by atoms with Gasteiger partial charge in [-0.3, -0.25) is 4.79 Å². The van der Waals surface area contributed by atoms with E-state index in [1.165, 1.54) is 0 Å². The number of hydrogen-bond acceptors (Lipinski definition) is 3. The fourth-order valence-electron chi connectivity index (χ4n) is 3.28. The van der Waals surface area contributed by atoms with Crippen LogP contribution >= 0.6 is 0 Å². The van der Waals surface area contributed by atoms with Gasteiger partial charge in [-0.25, -0.2) is 0 Å². The van der Waals surface area contributed by atoms with Gasteiger partial charge in [-0.05, 0) is 30.9 Å². The summed E-state index contributed by atoms with van der Waals surface area (Å²) >= 11 is 0. The fourth-order valence-corrected chi connectivity index (χ4v) is 3.28. The Hall–Kier alpha value is -1.29. The van der Waals surface area contributed by atoms with Crippen molar-refractivity contribution in [2.45, 2.75) is 38.7 Å². The van der Waals surface area contributed by atoms with Crippen molar-refractivity contribution in [1.82, 2.24) is 5.32 Å². The van der Waals surface area contributed by atoms with E-state index in [0.29, 0.717) is 11.8 Å². The molecule has 20 heavy (non-hydrogen) atoms. The SMILES string of the molecule is CC(C)[C@H]1OCC[C@@H]1CNC(=O)C1CC1c1ccco1. The third-order valence-corrected chi connectivity index (χ3v) is 4.49. The van der Waals surface area contributed by atoms with Gasteiger partial charge in [-0.2, -0.15) is 0 Å². The maximum absolute atomic E-state index is 12.2. The minimum absolute atomic E-state index is 0.0981. The third-order valence-electron chi connectivity index (χ3n) is 4.49. The Morgan fingerprint density at radius 3 is 3.05 bits per heavy atom. The molecule has 2 heterocycles. The van der Waals surface area contributed by atoms with E-state index in [-0.39, 0.29) is 23.8 Å². The van der Waals surface area contributed by atoms with Gasteiger partial charge in [0, 0.05) is 30.9 Å². The van der Waals surface area contributed by atoms with Gasteiger partial charge in [0.15, 0.2) is 0 Å². The predicted molar refractivity (Wildman–Crippen MR) is 75.3 cm³/mol. The molecule has 3 rings (SSSR count). The van der Waals surface area contributed by atoms with Crippen LogP contribution in [0.4, 0.5) is 0 Å². The molecule has 0 bridgehead atoms. The van der Waals surface area contributed by atoms with E-state index in [4.69, 9.17) is 9.15 Å². The molecule has 1 aliphatic heterocycles. The Balaban J connectivity index is 1.46. The van der Waals surface area contributed by atoms with Crippen molar-refractivity contribution in [2.75, 3.05) is 13.2 Å². The van der Waals surface area contributed by atoms with Crippen LogP contribution in [0.1, 0.15) is 38.4 Å². The summed E-state index contributed by atoms with van der Waals surface area (Å²) in [6, 6.07) is 3.84. The fraction of sp³-hybridized carbons (Fsp3) is 0.688. The van der Waals surface area contributed by atoms with Gasteiger partial charge in [-0.15, -0.1) is 0 Å².